The molecule has 0 aliphatic carbocycles. The first kappa shape index (κ1) is 16.0. The van der Waals surface area contributed by atoms with E-state index in [1.807, 2.05) is 42.9 Å². The Kier molecular flexibility index (Phi) is 4.36. The highest BCUT2D eigenvalue weighted by Gasteiger charge is 2.27. The van der Waals surface area contributed by atoms with Gasteiger partial charge in [-0.05, 0) is 57.5 Å². The fourth-order valence-corrected chi connectivity index (χ4v) is 3.58. The molecule has 6 heteroatoms. The van der Waals surface area contributed by atoms with Gasteiger partial charge in [-0.2, -0.15) is 5.10 Å². The minimum atomic E-state index is 0.374. The van der Waals surface area contributed by atoms with Crippen molar-refractivity contribution in [1.29, 1.82) is 0 Å². The second-order valence-electron chi connectivity index (χ2n) is 6.74. The van der Waals surface area contributed by atoms with Crippen molar-refractivity contribution in [2.24, 2.45) is 0 Å². The summed E-state index contributed by atoms with van der Waals surface area (Å²) in [5.74, 6) is 3.25. The maximum Gasteiger partial charge on any atom is 0.148 e. The van der Waals surface area contributed by atoms with E-state index >= 15 is 0 Å². The van der Waals surface area contributed by atoms with Crippen LogP contribution in [0, 0.1) is 13.8 Å². The number of hydrogen-bond acceptors (Lipinski definition) is 5. The second-order valence-corrected chi connectivity index (χ2v) is 6.74. The van der Waals surface area contributed by atoms with Crippen molar-refractivity contribution in [2.75, 3.05) is 13.1 Å². The molecule has 0 amide bonds. The third-order valence-corrected chi connectivity index (χ3v) is 4.69. The maximum absolute atomic E-state index is 5.51. The summed E-state index contributed by atoms with van der Waals surface area (Å²) in [7, 11) is 0. The summed E-state index contributed by atoms with van der Waals surface area (Å²) in [6.45, 7) is 6.88. The van der Waals surface area contributed by atoms with Gasteiger partial charge in [0.2, 0.25) is 0 Å². The average molecular weight is 337 g/mol. The van der Waals surface area contributed by atoms with Crippen LogP contribution in [0.4, 0.5) is 0 Å². The fourth-order valence-electron chi connectivity index (χ4n) is 3.58. The van der Waals surface area contributed by atoms with Gasteiger partial charge in [0.1, 0.15) is 17.4 Å². The van der Waals surface area contributed by atoms with E-state index in [-0.39, 0.29) is 0 Å². The third kappa shape index (κ3) is 3.49. The molecular weight excluding hydrogens is 314 g/mol. The molecule has 1 aliphatic rings. The molecule has 3 aromatic rings. The lowest BCUT2D eigenvalue weighted by atomic mass is 9.97. The Morgan fingerprint density at radius 2 is 2.20 bits per heavy atom. The monoisotopic (exact) mass is 337 g/mol. The Morgan fingerprint density at radius 1 is 1.28 bits per heavy atom. The Morgan fingerprint density at radius 3 is 3.00 bits per heavy atom. The van der Waals surface area contributed by atoms with Crippen LogP contribution in [-0.4, -0.2) is 37.7 Å². The van der Waals surface area contributed by atoms with Crippen LogP contribution < -0.4 is 0 Å². The highest BCUT2D eigenvalue weighted by atomic mass is 16.3. The van der Waals surface area contributed by atoms with Crippen LogP contribution in [0.15, 0.2) is 41.1 Å². The number of aryl methyl sites for hydroxylation is 2. The molecule has 0 radical (unpaired) electrons. The molecule has 1 atom stereocenters. The Balaban J connectivity index is 1.59. The zero-order valence-corrected chi connectivity index (χ0v) is 14.7. The smallest absolute Gasteiger partial charge is 0.148 e. The summed E-state index contributed by atoms with van der Waals surface area (Å²) in [6.07, 6.45) is 5.86. The van der Waals surface area contributed by atoms with Crippen LogP contribution in [-0.2, 0) is 6.54 Å². The van der Waals surface area contributed by atoms with Crippen molar-refractivity contribution in [2.45, 2.75) is 39.2 Å². The van der Waals surface area contributed by atoms with E-state index in [1.165, 1.54) is 0 Å². The molecule has 0 aromatic carbocycles. The summed E-state index contributed by atoms with van der Waals surface area (Å²) in [4.78, 5) is 11.5. The summed E-state index contributed by atoms with van der Waals surface area (Å²) in [5.41, 5.74) is 2.02. The molecule has 0 saturated carbocycles. The average Bonchev–Trinajstić information content (AvgIpc) is 3.25. The van der Waals surface area contributed by atoms with Crippen molar-refractivity contribution in [1.82, 2.24) is 24.6 Å². The molecule has 1 aliphatic heterocycles. The number of nitrogens with zero attached hydrogens (tertiary/aromatic N) is 5. The minimum absolute atomic E-state index is 0.374. The van der Waals surface area contributed by atoms with Gasteiger partial charge in [0.25, 0.3) is 0 Å². The highest BCUT2D eigenvalue weighted by Crippen LogP contribution is 2.28. The van der Waals surface area contributed by atoms with Gasteiger partial charge >= 0.3 is 0 Å². The molecule has 1 saturated heterocycles. The first-order chi connectivity index (χ1) is 12.2. The summed E-state index contributed by atoms with van der Waals surface area (Å²) < 4.78 is 7.50. The van der Waals surface area contributed by atoms with Gasteiger partial charge in [-0.25, -0.2) is 9.67 Å². The Labute approximate surface area is 147 Å². The van der Waals surface area contributed by atoms with Gasteiger partial charge in [-0.3, -0.25) is 9.88 Å². The molecule has 3 aromatic heterocycles. The van der Waals surface area contributed by atoms with E-state index < -0.39 is 0 Å². The van der Waals surface area contributed by atoms with Crippen LogP contribution in [0.3, 0.4) is 0 Å². The number of pyridine rings is 1. The number of likely N-dealkylation sites (tertiary alicyclic amines) is 1. The van der Waals surface area contributed by atoms with Crippen LogP contribution >= 0.6 is 0 Å². The molecule has 4 heterocycles. The number of rotatable bonds is 4. The van der Waals surface area contributed by atoms with Gasteiger partial charge in [0.15, 0.2) is 0 Å². The Hall–Kier alpha value is -2.47. The standard InChI is InChI=1S/C19H23N5O/c1-14-11-17(7-8-20-14)24-19(21-15(2)22-24)16-5-3-9-23(12-16)13-18-6-4-10-25-18/h4,6-8,10-11,16H,3,5,9,12-13H2,1-2H3/t16-/m1/s1. The third-order valence-electron chi connectivity index (χ3n) is 4.69. The van der Waals surface area contributed by atoms with Crippen LogP contribution in [0.2, 0.25) is 0 Å². The lowest BCUT2D eigenvalue weighted by Gasteiger charge is -2.31. The molecule has 25 heavy (non-hydrogen) atoms. The van der Waals surface area contributed by atoms with Crippen molar-refractivity contribution in [3.05, 3.63) is 59.8 Å². The summed E-state index contributed by atoms with van der Waals surface area (Å²) in [5, 5.41) is 4.64. The molecule has 0 N–H and O–H groups in total. The molecule has 1 fully saturated rings. The SMILES string of the molecule is Cc1cc(-n2nc(C)nc2[C@@H]2CCCN(Cc3ccco3)C2)ccn1. The van der Waals surface area contributed by atoms with E-state index in [2.05, 4.69) is 21.0 Å². The molecule has 0 spiro atoms. The Bertz CT molecular complexity index is 839. The number of furan rings is 1. The van der Waals surface area contributed by atoms with Gasteiger partial charge in [-0.15, -0.1) is 0 Å². The van der Waals surface area contributed by atoms with Gasteiger partial charge in [0, 0.05) is 24.4 Å². The summed E-state index contributed by atoms with van der Waals surface area (Å²) >= 11 is 0. The second kappa shape index (κ2) is 6.80. The predicted octanol–water partition coefficient (Wildman–Crippen LogP) is 3.25. The van der Waals surface area contributed by atoms with E-state index in [4.69, 9.17) is 9.40 Å². The molecule has 0 unspecified atom stereocenters. The van der Waals surface area contributed by atoms with Gasteiger partial charge in [-0.1, -0.05) is 0 Å². The van der Waals surface area contributed by atoms with Crippen LogP contribution in [0.25, 0.3) is 5.69 Å². The first-order valence-corrected chi connectivity index (χ1v) is 8.80. The van der Waals surface area contributed by atoms with Crippen LogP contribution in [0.1, 0.15) is 41.9 Å². The highest BCUT2D eigenvalue weighted by molar-refractivity contribution is 5.32. The minimum Gasteiger partial charge on any atom is -0.468 e. The lowest BCUT2D eigenvalue weighted by molar-refractivity contribution is 0.182. The molecule has 6 nitrogen and oxygen atoms in total. The fraction of sp³-hybridized carbons (Fsp3) is 0.421. The van der Waals surface area contributed by atoms with Gasteiger partial charge in [0.05, 0.1) is 18.5 Å². The molecule has 130 valence electrons. The molecular formula is C19H23N5O. The predicted molar refractivity (Wildman–Crippen MR) is 94.6 cm³/mol. The number of aromatic nitrogens is 4. The first-order valence-electron chi connectivity index (χ1n) is 8.80. The van der Waals surface area contributed by atoms with E-state index in [1.54, 1.807) is 6.26 Å². The topological polar surface area (TPSA) is 60.0 Å². The van der Waals surface area contributed by atoms with Gasteiger partial charge < -0.3 is 4.42 Å². The number of hydrogen-bond donors (Lipinski definition) is 0. The van der Waals surface area contributed by atoms with Crippen LogP contribution in [0.5, 0.6) is 0 Å². The van der Waals surface area contributed by atoms with Crippen molar-refractivity contribution < 1.29 is 4.42 Å². The zero-order chi connectivity index (χ0) is 17.2. The molecule has 4 rings (SSSR count). The van der Waals surface area contributed by atoms with E-state index in [0.717, 1.165) is 61.3 Å². The van der Waals surface area contributed by atoms with E-state index in [0.29, 0.717) is 5.92 Å². The van der Waals surface area contributed by atoms with Crippen molar-refractivity contribution in [3.8, 4) is 5.69 Å². The zero-order valence-electron chi connectivity index (χ0n) is 14.7. The van der Waals surface area contributed by atoms with E-state index in [9.17, 15) is 0 Å². The van der Waals surface area contributed by atoms with Crippen molar-refractivity contribution >= 4 is 0 Å². The largest absolute Gasteiger partial charge is 0.468 e. The number of piperidine rings is 1. The quantitative estimate of drug-likeness (QED) is 0.731. The lowest BCUT2D eigenvalue weighted by Crippen LogP contribution is -2.34. The van der Waals surface area contributed by atoms with Crippen molar-refractivity contribution in [3.63, 3.8) is 0 Å². The normalized spacial score (nSPS) is 18.6. The summed E-state index contributed by atoms with van der Waals surface area (Å²) in [6, 6.07) is 8.04. The maximum atomic E-state index is 5.51. The molecule has 0 bridgehead atoms.